The number of halogens is 1. The molecule has 0 saturated heterocycles. The molecule has 144 valence electrons. The average Bonchev–Trinajstić information content (AvgIpc) is 3.00. The van der Waals surface area contributed by atoms with E-state index in [1.54, 1.807) is 30.3 Å². The molecule has 0 radical (unpaired) electrons. The van der Waals surface area contributed by atoms with Gasteiger partial charge in [-0.15, -0.1) is 0 Å². The molecule has 0 aliphatic heterocycles. The zero-order valence-corrected chi connectivity index (χ0v) is 18.4. The minimum Gasteiger partial charge on any atom is -0.334 e. The average molecular weight is 470 g/mol. The zero-order chi connectivity index (χ0) is 19.4. The number of fused-ring (bicyclic) bond motifs is 1. The van der Waals surface area contributed by atoms with Crippen LogP contribution < -0.4 is 0 Å². The molecule has 0 N–H and O–H groups in total. The van der Waals surface area contributed by atoms with Gasteiger partial charge in [-0.3, -0.25) is 0 Å². The van der Waals surface area contributed by atoms with Gasteiger partial charge in [-0.25, -0.2) is 12.4 Å². The minimum absolute atomic E-state index is 0.251. The number of benzene rings is 2. The normalized spacial score (nSPS) is 12.1. The maximum absolute atomic E-state index is 13.4. The lowest BCUT2D eigenvalue weighted by Gasteiger charge is -2.17. The van der Waals surface area contributed by atoms with Crippen LogP contribution in [0.3, 0.4) is 0 Å². The molecule has 0 amide bonds. The summed E-state index contributed by atoms with van der Waals surface area (Å²) in [5.74, 6) is 0. The van der Waals surface area contributed by atoms with Gasteiger partial charge in [0.1, 0.15) is 0 Å². The molecule has 8 heteroatoms. The Balaban J connectivity index is 2.18. The molecule has 0 aliphatic rings. The van der Waals surface area contributed by atoms with Crippen LogP contribution in [0.5, 0.6) is 0 Å². The molecule has 2 aromatic carbocycles. The largest absolute Gasteiger partial charge is 0.334 e. The molecular formula is C19H21BrNO4PS. The molecular weight excluding hydrogens is 449 g/mol. The molecule has 0 fully saturated rings. The summed E-state index contributed by atoms with van der Waals surface area (Å²) in [5, 5.41) is 0.857. The third-order valence-corrected chi connectivity index (χ3v) is 7.86. The van der Waals surface area contributed by atoms with Crippen molar-refractivity contribution in [2.45, 2.75) is 24.9 Å². The summed E-state index contributed by atoms with van der Waals surface area (Å²) in [7, 11) is -4.96. The van der Waals surface area contributed by atoms with E-state index in [4.69, 9.17) is 9.05 Å². The first kappa shape index (κ1) is 20.5. The highest BCUT2D eigenvalue weighted by Gasteiger charge is 2.25. The van der Waals surface area contributed by atoms with Gasteiger partial charge in [0.25, 0.3) is 10.0 Å². The zero-order valence-electron chi connectivity index (χ0n) is 15.1. The van der Waals surface area contributed by atoms with E-state index in [0.29, 0.717) is 30.6 Å². The Bertz CT molecular complexity index is 1010. The van der Waals surface area contributed by atoms with E-state index >= 15 is 0 Å². The maximum atomic E-state index is 13.4. The fourth-order valence-corrected chi connectivity index (χ4v) is 6.18. The van der Waals surface area contributed by atoms with E-state index in [1.165, 1.54) is 3.97 Å². The number of hydrogen-bond donors (Lipinski definition) is 0. The Kier molecular flexibility index (Phi) is 6.71. The van der Waals surface area contributed by atoms with Crippen LogP contribution >= 0.6 is 24.3 Å². The maximum Gasteiger partial charge on any atom is 0.268 e. The second-order valence-corrected chi connectivity index (χ2v) is 9.95. The van der Waals surface area contributed by atoms with Crippen molar-refractivity contribution in [3.8, 4) is 0 Å². The van der Waals surface area contributed by atoms with Crippen LogP contribution in [0.25, 0.3) is 10.9 Å². The van der Waals surface area contributed by atoms with E-state index in [1.807, 2.05) is 38.1 Å². The van der Waals surface area contributed by atoms with Gasteiger partial charge in [0.05, 0.1) is 29.8 Å². The van der Waals surface area contributed by atoms with Crippen molar-refractivity contribution in [1.29, 1.82) is 0 Å². The SMILES string of the molecule is CCOP(Cc1cc2ccc(Br)cc2n1S(=O)(=O)c1ccccc1)OCC. The Morgan fingerprint density at radius 2 is 1.67 bits per heavy atom. The van der Waals surface area contributed by atoms with Crippen LogP contribution in [-0.4, -0.2) is 25.6 Å². The van der Waals surface area contributed by atoms with Crippen molar-refractivity contribution in [1.82, 2.24) is 3.97 Å². The number of aromatic nitrogens is 1. The van der Waals surface area contributed by atoms with Crippen molar-refractivity contribution in [2.75, 3.05) is 13.2 Å². The molecule has 0 bridgehead atoms. The van der Waals surface area contributed by atoms with Gasteiger partial charge in [-0.05, 0) is 44.2 Å². The number of nitrogens with zero attached hydrogens (tertiary/aromatic N) is 1. The van der Waals surface area contributed by atoms with Crippen molar-refractivity contribution in [3.63, 3.8) is 0 Å². The molecule has 3 aromatic rings. The topological polar surface area (TPSA) is 57.5 Å². The van der Waals surface area contributed by atoms with Gasteiger partial charge >= 0.3 is 0 Å². The van der Waals surface area contributed by atoms with Gasteiger partial charge in [0, 0.05) is 15.6 Å². The third-order valence-electron chi connectivity index (χ3n) is 3.91. The predicted molar refractivity (Wildman–Crippen MR) is 113 cm³/mol. The van der Waals surface area contributed by atoms with E-state index < -0.39 is 18.4 Å². The summed E-state index contributed by atoms with van der Waals surface area (Å²) in [6.45, 7) is 4.84. The number of hydrogen-bond acceptors (Lipinski definition) is 4. The van der Waals surface area contributed by atoms with Crippen molar-refractivity contribution in [3.05, 3.63) is 64.8 Å². The first-order valence-corrected chi connectivity index (χ1v) is 12.2. The molecule has 3 rings (SSSR count). The lowest BCUT2D eigenvalue weighted by molar-refractivity contribution is 0.268. The van der Waals surface area contributed by atoms with Crippen molar-refractivity contribution >= 4 is 45.2 Å². The molecule has 0 spiro atoms. The Labute approximate surface area is 169 Å². The summed E-state index contributed by atoms with van der Waals surface area (Å²) in [4.78, 5) is 0.251. The summed E-state index contributed by atoms with van der Waals surface area (Å²) in [6, 6.07) is 16.0. The molecule has 1 aromatic heterocycles. The third kappa shape index (κ3) is 4.44. The molecule has 27 heavy (non-hydrogen) atoms. The molecule has 1 heterocycles. The highest BCUT2D eigenvalue weighted by Crippen LogP contribution is 2.43. The standard InChI is InChI=1S/C19H21BrNO4PS/c1-3-24-26(25-4-2)14-17-12-15-10-11-16(20)13-19(15)21(17)27(22,23)18-8-6-5-7-9-18/h5-13H,3-4,14H2,1-2H3. The molecule has 0 saturated carbocycles. The first-order valence-electron chi connectivity index (χ1n) is 8.61. The smallest absolute Gasteiger partial charge is 0.268 e. The van der Waals surface area contributed by atoms with Gasteiger partial charge < -0.3 is 9.05 Å². The van der Waals surface area contributed by atoms with Gasteiger partial charge in [0.2, 0.25) is 0 Å². The van der Waals surface area contributed by atoms with Crippen LogP contribution in [0.15, 0.2) is 64.0 Å². The summed E-state index contributed by atoms with van der Waals surface area (Å²) in [5.41, 5.74) is 1.28. The second-order valence-electron chi connectivity index (χ2n) is 5.75. The Hall–Kier alpha value is -1.24. The molecule has 5 nitrogen and oxygen atoms in total. The Morgan fingerprint density at radius 3 is 2.30 bits per heavy atom. The summed E-state index contributed by atoms with van der Waals surface area (Å²) < 4.78 is 40.5. The quantitative estimate of drug-likeness (QED) is 0.407. The van der Waals surface area contributed by atoms with Crippen LogP contribution in [0, 0.1) is 0 Å². The van der Waals surface area contributed by atoms with Gasteiger partial charge in [0.15, 0.2) is 8.38 Å². The minimum atomic E-state index is -3.75. The van der Waals surface area contributed by atoms with E-state index in [0.717, 1.165) is 9.86 Å². The van der Waals surface area contributed by atoms with Crippen molar-refractivity contribution < 1.29 is 17.5 Å². The Morgan fingerprint density at radius 1 is 1.00 bits per heavy atom. The van der Waals surface area contributed by atoms with Crippen LogP contribution in [0.4, 0.5) is 0 Å². The fraction of sp³-hybridized carbons (Fsp3) is 0.263. The predicted octanol–water partition coefficient (Wildman–Crippen LogP) is 5.53. The van der Waals surface area contributed by atoms with Crippen LogP contribution in [0.1, 0.15) is 19.5 Å². The summed E-state index contributed by atoms with van der Waals surface area (Å²) >= 11 is 3.45. The van der Waals surface area contributed by atoms with Crippen LogP contribution in [-0.2, 0) is 25.2 Å². The van der Waals surface area contributed by atoms with Gasteiger partial charge in [-0.2, -0.15) is 0 Å². The fourth-order valence-electron chi connectivity index (χ4n) is 2.85. The van der Waals surface area contributed by atoms with Gasteiger partial charge in [-0.1, -0.05) is 40.2 Å². The molecule has 0 unspecified atom stereocenters. The highest BCUT2D eigenvalue weighted by molar-refractivity contribution is 9.10. The lowest BCUT2D eigenvalue weighted by atomic mass is 10.2. The van der Waals surface area contributed by atoms with E-state index in [-0.39, 0.29) is 4.90 Å². The highest BCUT2D eigenvalue weighted by atomic mass is 79.9. The second kappa shape index (κ2) is 8.84. The number of rotatable bonds is 8. The lowest BCUT2D eigenvalue weighted by Crippen LogP contribution is -2.15. The first-order chi connectivity index (χ1) is 13.0. The van der Waals surface area contributed by atoms with E-state index in [2.05, 4.69) is 15.9 Å². The molecule has 0 aliphatic carbocycles. The monoisotopic (exact) mass is 469 g/mol. The van der Waals surface area contributed by atoms with Crippen LogP contribution in [0.2, 0.25) is 0 Å². The summed E-state index contributed by atoms with van der Waals surface area (Å²) in [6.07, 6.45) is 0.398. The van der Waals surface area contributed by atoms with Crippen molar-refractivity contribution in [2.24, 2.45) is 0 Å². The van der Waals surface area contributed by atoms with E-state index in [9.17, 15) is 8.42 Å². The molecule has 0 atom stereocenters.